The number of hydrogen-bond donors (Lipinski definition) is 2. The second kappa shape index (κ2) is 8.31. The molecule has 3 N–H and O–H groups in total. The number of nitrogens with two attached hydrogens (primary N) is 1. The van der Waals surface area contributed by atoms with Crippen LogP contribution >= 0.6 is 11.3 Å². The van der Waals surface area contributed by atoms with Crippen LogP contribution in [0.15, 0.2) is 53.9 Å². The third-order valence-corrected chi connectivity index (χ3v) is 5.85. The monoisotopic (exact) mass is 384 g/mol. The highest BCUT2D eigenvalue weighted by Gasteiger charge is 2.33. The first-order chi connectivity index (χ1) is 13.0. The standard InChI is InChI=1S/C21H21FN2O2S/c1-24-21(26)17(10-13-6-2-4-8-18(13)22)16(20(23)25)11-14-12-27-19-9-5-3-7-15(14)19/h2-9,12,16-17H,10-11H2,1H3,(H2,23,25)(H,24,26)/t16?,17-/m1/s1. The molecule has 3 aromatic rings. The van der Waals surface area contributed by atoms with Crippen LogP contribution in [0.3, 0.4) is 0 Å². The second-order valence-corrected chi connectivity index (χ2v) is 7.40. The van der Waals surface area contributed by atoms with Crippen molar-refractivity contribution in [1.82, 2.24) is 5.32 Å². The minimum atomic E-state index is -0.747. The van der Waals surface area contributed by atoms with Crippen LogP contribution in [-0.4, -0.2) is 18.9 Å². The molecule has 0 spiro atoms. The van der Waals surface area contributed by atoms with Crippen LogP contribution in [-0.2, 0) is 22.4 Å². The average Bonchev–Trinajstić information content (AvgIpc) is 3.08. The van der Waals surface area contributed by atoms with Crippen molar-refractivity contribution in [3.05, 3.63) is 70.9 Å². The van der Waals surface area contributed by atoms with Gasteiger partial charge >= 0.3 is 0 Å². The summed E-state index contributed by atoms with van der Waals surface area (Å²) in [5, 5.41) is 5.63. The van der Waals surface area contributed by atoms with E-state index in [0.717, 1.165) is 15.6 Å². The summed E-state index contributed by atoms with van der Waals surface area (Å²) in [4.78, 5) is 24.8. The number of carbonyl (C=O) groups excluding carboxylic acids is 2. The van der Waals surface area contributed by atoms with E-state index in [0.29, 0.717) is 12.0 Å². The predicted molar refractivity (Wildman–Crippen MR) is 106 cm³/mol. The van der Waals surface area contributed by atoms with E-state index in [9.17, 15) is 14.0 Å². The molecule has 140 valence electrons. The van der Waals surface area contributed by atoms with Crippen molar-refractivity contribution in [2.24, 2.45) is 17.6 Å². The van der Waals surface area contributed by atoms with E-state index in [1.54, 1.807) is 29.5 Å². The number of halogens is 1. The Kier molecular flexibility index (Phi) is 5.86. The van der Waals surface area contributed by atoms with Crippen LogP contribution in [0.4, 0.5) is 4.39 Å². The lowest BCUT2D eigenvalue weighted by Gasteiger charge is -2.24. The molecule has 2 amide bonds. The molecule has 1 aromatic heterocycles. The van der Waals surface area contributed by atoms with Crippen molar-refractivity contribution in [2.75, 3.05) is 7.05 Å². The van der Waals surface area contributed by atoms with Gasteiger partial charge in [-0.2, -0.15) is 0 Å². The minimum Gasteiger partial charge on any atom is -0.369 e. The van der Waals surface area contributed by atoms with Crippen LogP contribution in [0.1, 0.15) is 11.1 Å². The van der Waals surface area contributed by atoms with Gasteiger partial charge in [-0.1, -0.05) is 36.4 Å². The summed E-state index contributed by atoms with van der Waals surface area (Å²) in [6.45, 7) is 0. The molecule has 0 fully saturated rings. The molecule has 2 aromatic carbocycles. The van der Waals surface area contributed by atoms with Crippen LogP contribution in [0.5, 0.6) is 0 Å². The van der Waals surface area contributed by atoms with Gasteiger partial charge in [0, 0.05) is 11.7 Å². The van der Waals surface area contributed by atoms with Crippen LogP contribution in [0.2, 0.25) is 0 Å². The maximum Gasteiger partial charge on any atom is 0.224 e. The number of benzene rings is 2. The molecule has 27 heavy (non-hydrogen) atoms. The Labute approximate surface area is 161 Å². The van der Waals surface area contributed by atoms with E-state index in [1.165, 1.54) is 13.1 Å². The van der Waals surface area contributed by atoms with Crippen molar-refractivity contribution in [3.8, 4) is 0 Å². The van der Waals surface area contributed by atoms with Gasteiger partial charge in [0.15, 0.2) is 0 Å². The van der Waals surface area contributed by atoms with Crippen molar-refractivity contribution in [1.29, 1.82) is 0 Å². The molecule has 3 rings (SSSR count). The summed E-state index contributed by atoms with van der Waals surface area (Å²) in [6.07, 6.45) is 0.452. The summed E-state index contributed by atoms with van der Waals surface area (Å²) in [6, 6.07) is 14.2. The maximum absolute atomic E-state index is 14.1. The summed E-state index contributed by atoms with van der Waals surface area (Å²) in [5.74, 6) is -2.75. The smallest absolute Gasteiger partial charge is 0.224 e. The van der Waals surface area contributed by atoms with Crippen molar-refractivity contribution in [2.45, 2.75) is 12.8 Å². The fraction of sp³-hybridized carbons (Fsp3) is 0.238. The van der Waals surface area contributed by atoms with Gasteiger partial charge in [0.2, 0.25) is 11.8 Å². The third-order valence-electron chi connectivity index (χ3n) is 4.83. The number of thiophene rings is 1. The molecule has 0 saturated heterocycles. The van der Waals surface area contributed by atoms with Gasteiger partial charge in [-0.3, -0.25) is 9.59 Å². The van der Waals surface area contributed by atoms with Crippen molar-refractivity contribution in [3.63, 3.8) is 0 Å². The molecule has 0 saturated carbocycles. The minimum absolute atomic E-state index is 0.113. The van der Waals surface area contributed by atoms with Gasteiger partial charge in [-0.15, -0.1) is 11.3 Å². The molecular weight excluding hydrogens is 363 g/mol. The fourth-order valence-electron chi connectivity index (χ4n) is 3.37. The van der Waals surface area contributed by atoms with Gasteiger partial charge in [-0.25, -0.2) is 4.39 Å². The van der Waals surface area contributed by atoms with Crippen molar-refractivity contribution < 1.29 is 14.0 Å². The van der Waals surface area contributed by atoms with E-state index >= 15 is 0 Å². The molecular formula is C21H21FN2O2S. The quantitative estimate of drug-likeness (QED) is 0.656. The Balaban J connectivity index is 1.94. The Hall–Kier alpha value is -2.73. The summed E-state index contributed by atoms with van der Waals surface area (Å²) < 4.78 is 15.2. The number of hydrogen-bond acceptors (Lipinski definition) is 3. The second-order valence-electron chi connectivity index (χ2n) is 6.49. The Bertz CT molecular complexity index is 969. The number of carbonyl (C=O) groups is 2. The van der Waals surface area contributed by atoms with Crippen molar-refractivity contribution >= 4 is 33.2 Å². The first-order valence-corrected chi connectivity index (χ1v) is 9.58. The van der Waals surface area contributed by atoms with E-state index < -0.39 is 23.6 Å². The molecule has 0 bridgehead atoms. The molecule has 1 heterocycles. The number of primary amides is 1. The Morgan fingerprint density at radius 2 is 1.70 bits per heavy atom. The molecule has 6 heteroatoms. The lowest BCUT2D eigenvalue weighted by molar-refractivity contribution is -0.133. The lowest BCUT2D eigenvalue weighted by Crippen LogP contribution is -2.41. The Morgan fingerprint density at radius 1 is 1.04 bits per heavy atom. The number of rotatable bonds is 7. The highest BCUT2D eigenvalue weighted by Crippen LogP contribution is 2.30. The summed E-state index contributed by atoms with van der Waals surface area (Å²) >= 11 is 1.59. The Morgan fingerprint density at radius 3 is 2.41 bits per heavy atom. The summed E-state index contributed by atoms with van der Waals surface area (Å²) in [7, 11) is 1.51. The zero-order valence-electron chi connectivity index (χ0n) is 14.9. The first kappa shape index (κ1) is 19.0. The van der Waals surface area contributed by atoms with E-state index in [1.807, 2.05) is 29.6 Å². The van der Waals surface area contributed by atoms with Crippen LogP contribution < -0.4 is 11.1 Å². The highest BCUT2D eigenvalue weighted by atomic mass is 32.1. The normalized spacial score (nSPS) is 13.3. The fourth-order valence-corrected chi connectivity index (χ4v) is 4.35. The molecule has 0 aliphatic heterocycles. The van der Waals surface area contributed by atoms with Crippen LogP contribution in [0.25, 0.3) is 10.1 Å². The average molecular weight is 384 g/mol. The zero-order valence-corrected chi connectivity index (χ0v) is 15.8. The lowest BCUT2D eigenvalue weighted by atomic mass is 9.81. The molecule has 0 aliphatic rings. The molecule has 0 radical (unpaired) electrons. The van der Waals surface area contributed by atoms with Gasteiger partial charge < -0.3 is 11.1 Å². The SMILES string of the molecule is CNC(=O)[C@H](Cc1ccccc1F)C(Cc1csc2ccccc12)C(N)=O. The van der Waals surface area contributed by atoms with E-state index in [2.05, 4.69) is 5.32 Å². The number of nitrogens with one attached hydrogen (secondary N) is 1. The number of fused-ring (bicyclic) bond motifs is 1. The molecule has 1 unspecified atom stereocenters. The van der Waals surface area contributed by atoms with E-state index in [-0.39, 0.29) is 12.3 Å². The topological polar surface area (TPSA) is 72.2 Å². The largest absolute Gasteiger partial charge is 0.369 e. The first-order valence-electron chi connectivity index (χ1n) is 8.70. The number of amides is 2. The third kappa shape index (κ3) is 4.17. The molecule has 0 aliphatic carbocycles. The zero-order chi connectivity index (χ0) is 19.4. The van der Waals surface area contributed by atoms with E-state index in [4.69, 9.17) is 5.73 Å². The van der Waals surface area contributed by atoms with Gasteiger partial charge in [0.1, 0.15) is 5.82 Å². The van der Waals surface area contributed by atoms with Gasteiger partial charge in [-0.05, 0) is 46.9 Å². The highest BCUT2D eigenvalue weighted by molar-refractivity contribution is 7.17. The predicted octanol–water partition coefficient (Wildman–Crippen LogP) is 3.29. The van der Waals surface area contributed by atoms with Gasteiger partial charge in [0.25, 0.3) is 0 Å². The van der Waals surface area contributed by atoms with Gasteiger partial charge in [0.05, 0.1) is 11.8 Å². The molecule has 2 atom stereocenters. The maximum atomic E-state index is 14.1. The molecule has 4 nitrogen and oxygen atoms in total. The summed E-state index contributed by atoms with van der Waals surface area (Å²) in [5.41, 5.74) is 7.04. The van der Waals surface area contributed by atoms with Crippen LogP contribution in [0, 0.1) is 17.7 Å².